The third-order valence-corrected chi connectivity index (χ3v) is 3.93. The molecule has 1 amide bonds. The number of likely N-dealkylation sites (N-methyl/N-ethyl adjacent to an activating group) is 1. The van der Waals surface area contributed by atoms with Crippen molar-refractivity contribution in [3.05, 3.63) is 35.4 Å². The average Bonchev–Trinajstić information content (AvgIpc) is 2.47. The predicted molar refractivity (Wildman–Crippen MR) is 78.3 cm³/mol. The molecule has 0 radical (unpaired) electrons. The lowest BCUT2D eigenvalue weighted by Crippen LogP contribution is -2.47. The van der Waals surface area contributed by atoms with Crippen LogP contribution in [0, 0.1) is 0 Å². The lowest BCUT2D eigenvalue weighted by atomic mass is 9.85. The number of hydrogen-bond acceptors (Lipinski definition) is 2. The van der Waals surface area contributed by atoms with Gasteiger partial charge >= 0.3 is 0 Å². The highest BCUT2D eigenvalue weighted by atomic mass is 16.2. The Hall–Kier alpha value is -1.35. The fourth-order valence-corrected chi connectivity index (χ4v) is 2.89. The minimum Gasteiger partial charge on any atom is -0.358 e. The van der Waals surface area contributed by atoms with Crippen LogP contribution in [0.1, 0.15) is 43.2 Å². The Morgan fingerprint density at radius 3 is 3.05 bits per heavy atom. The molecular formula is C16H24N2O. The van der Waals surface area contributed by atoms with Gasteiger partial charge in [-0.15, -0.1) is 0 Å². The highest BCUT2D eigenvalue weighted by molar-refractivity contribution is 5.81. The summed E-state index contributed by atoms with van der Waals surface area (Å²) in [5.41, 5.74) is 2.80. The third kappa shape index (κ3) is 3.57. The number of aryl methyl sites for hydroxylation is 1. The number of carbonyl (C=O) groups is 1. The van der Waals surface area contributed by atoms with Crippen molar-refractivity contribution >= 4 is 5.91 Å². The standard InChI is InChI=1S/C16H24N2O/c1-3-5-12-6-4-7-13(10-12)14-8-9-18-15(11-14)16(19)17-2/h4,6-7,10,14-15,18H,3,5,8-9,11H2,1-2H3,(H,17,19). The number of nitrogens with one attached hydrogen (secondary N) is 2. The summed E-state index contributed by atoms with van der Waals surface area (Å²) in [5.74, 6) is 0.606. The Bertz CT molecular complexity index is 431. The molecule has 3 heteroatoms. The van der Waals surface area contributed by atoms with Crippen LogP contribution in [0.25, 0.3) is 0 Å². The predicted octanol–water partition coefficient (Wildman–Crippen LogP) is 2.22. The fraction of sp³-hybridized carbons (Fsp3) is 0.562. The Morgan fingerprint density at radius 2 is 2.32 bits per heavy atom. The van der Waals surface area contributed by atoms with E-state index in [1.165, 1.54) is 17.5 Å². The summed E-state index contributed by atoms with van der Waals surface area (Å²) in [6, 6.07) is 8.83. The van der Waals surface area contributed by atoms with E-state index in [0.29, 0.717) is 5.92 Å². The van der Waals surface area contributed by atoms with Gasteiger partial charge in [-0.3, -0.25) is 4.79 Å². The first-order valence-electron chi connectivity index (χ1n) is 7.28. The summed E-state index contributed by atoms with van der Waals surface area (Å²) in [4.78, 5) is 11.7. The molecule has 2 atom stereocenters. The zero-order valence-electron chi connectivity index (χ0n) is 11.9. The Kier molecular flexibility index (Phi) is 4.97. The largest absolute Gasteiger partial charge is 0.358 e. The van der Waals surface area contributed by atoms with E-state index in [1.807, 2.05) is 0 Å². The SMILES string of the molecule is CCCc1cccc(C2CCNC(C(=O)NC)C2)c1. The van der Waals surface area contributed by atoms with E-state index in [-0.39, 0.29) is 11.9 Å². The summed E-state index contributed by atoms with van der Waals surface area (Å²) in [6.07, 6.45) is 4.33. The van der Waals surface area contributed by atoms with E-state index < -0.39 is 0 Å². The molecule has 1 aromatic rings. The normalized spacial score (nSPS) is 23.1. The molecule has 1 aromatic carbocycles. The van der Waals surface area contributed by atoms with Gasteiger partial charge in [-0.25, -0.2) is 0 Å². The van der Waals surface area contributed by atoms with E-state index in [2.05, 4.69) is 41.8 Å². The van der Waals surface area contributed by atoms with Gasteiger partial charge in [0.2, 0.25) is 5.91 Å². The van der Waals surface area contributed by atoms with Gasteiger partial charge in [-0.05, 0) is 42.9 Å². The maximum Gasteiger partial charge on any atom is 0.236 e. The Balaban J connectivity index is 2.08. The van der Waals surface area contributed by atoms with Crippen LogP contribution < -0.4 is 10.6 Å². The second-order valence-corrected chi connectivity index (χ2v) is 5.34. The molecule has 19 heavy (non-hydrogen) atoms. The first-order chi connectivity index (χ1) is 9.24. The fourth-order valence-electron chi connectivity index (χ4n) is 2.89. The summed E-state index contributed by atoms with van der Waals surface area (Å²) in [6.45, 7) is 3.12. The van der Waals surface area contributed by atoms with Crippen molar-refractivity contribution in [3.8, 4) is 0 Å². The van der Waals surface area contributed by atoms with Crippen LogP contribution in [0.4, 0.5) is 0 Å². The maximum atomic E-state index is 11.7. The van der Waals surface area contributed by atoms with E-state index in [1.54, 1.807) is 7.05 Å². The number of amides is 1. The van der Waals surface area contributed by atoms with Crippen LogP contribution in [0.2, 0.25) is 0 Å². The molecule has 3 nitrogen and oxygen atoms in total. The van der Waals surface area contributed by atoms with Crippen LogP contribution in [0.5, 0.6) is 0 Å². The van der Waals surface area contributed by atoms with Crippen molar-refractivity contribution in [3.63, 3.8) is 0 Å². The molecule has 1 saturated heterocycles. The van der Waals surface area contributed by atoms with E-state index in [0.717, 1.165) is 25.8 Å². The molecule has 104 valence electrons. The molecule has 0 saturated carbocycles. The van der Waals surface area contributed by atoms with E-state index >= 15 is 0 Å². The second kappa shape index (κ2) is 6.71. The van der Waals surface area contributed by atoms with Crippen LogP contribution in [-0.2, 0) is 11.2 Å². The van der Waals surface area contributed by atoms with Gasteiger partial charge in [-0.1, -0.05) is 37.6 Å². The quantitative estimate of drug-likeness (QED) is 0.871. The molecule has 1 fully saturated rings. The molecule has 0 spiro atoms. The van der Waals surface area contributed by atoms with Crippen molar-refractivity contribution in [1.29, 1.82) is 0 Å². The Labute approximate surface area is 115 Å². The summed E-state index contributed by atoms with van der Waals surface area (Å²) >= 11 is 0. The molecule has 2 N–H and O–H groups in total. The molecule has 1 aliphatic rings. The van der Waals surface area contributed by atoms with Gasteiger partial charge in [0.1, 0.15) is 0 Å². The zero-order valence-corrected chi connectivity index (χ0v) is 11.9. The van der Waals surface area contributed by atoms with E-state index in [4.69, 9.17) is 0 Å². The minimum atomic E-state index is -0.0430. The number of carbonyl (C=O) groups excluding carboxylic acids is 1. The minimum absolute atomic E-state index is 0.0430. The topological polar surface area (TPSA) is 41.1 Å². The first kappa shape index (κ1) is 14.1. The van der Waals surface area contributed by atoms with Gasteiger partial charge in [0.15, 0.2) is 0 Å². The third-order valence-electron chi connectivity index (χ3n) is 3.93. The van der Waals surface area contributed by atoms with Crippen molar-refractivity contribution in [2.75, 3.05) is 13.6 Å². The maximum absolute atomic E-state index is 11.7. The monoisotopic (exact) mass is 260 g/mol. The molecule has 0 bridgehead atoms. The van der Waals surface area contributed by atoms with Gasteiger partial charge < -0.3 is 10.6 Å². The molecule has 1 aliphatic heterocycles. The molecule has 0 aromatic heterocycles. The van der Waals surface area contributed by atoms with Crippen LogP contribution in [-0.4, -0.2) is 25.5 Å². The zero-order chi connectivity index (χ0) is 13.7. The van der Waals surface area contributed by atoms with Crippen LogP contribution in [0.3, 0.4) is 0 Å². The summed E-state index contributed by atoms with van der Waals surface area (Å²) in [7, 11) is 1.70. The Morgan fingerprint density at radius 1 is 1.47 bits per heavy atom. The van der Waals surface area contributed by atoms with Crippen molar-refractivity contribution in [2.24, 2.45) is 0 Å². The van der Waals surface area contributed by atoms with Gasteiger partial charge in [0.05, 0.1) is 6.04 Å². The number of piperidine rings is 1. The number of hydrogen-bond donors (Lipinski definition) is 2. The smallest absolute Gasteiger partial charge is 0.236 e. The molecule has 0 aliphatic carbocycles. The van der Waals surface area contributed by atoms with Crippen molar-refractivity contribution in [1.82, 2.24) is 10.6 Å². The van der Waals surface area contributed by atoms with Crippen molar-refractivity contribution in [2.45, 2.75) is 44.6 Å². The highest BCUT2D eigenvalue weighted by Gasteiger charge is 2.26. The highest BCUT2D eigenvalue weighted by Crippen LogP contribution is 2.28. The van der Waals surface area contributed by atoms with E-state index in [9.17, 15) is 4.79 Å². The van der Waals surface area contributed by atoms with Crippen molar-refractivity contribution < 1.29 is 4.79 Å². The first-order valence-corrected chi connectivity index (χ1v) is 7.28. The van der Waals surface area contributed by atoms with Gasteiger partial charge in [0, 0.05) is 7.05 Å². The summed E-state index contributed by atoms with van der Waals surface area (Å²) in [5, 5.41) is 6.03. The average molecular weight is 260 g/mol. The molecule has 2 unspecified atom stereocenters. The van der Waals surface area contributed by atoms with Crippen LogP contribution >= 0.6 is 0 Å². The molecular weight excluding hydrogens is 236 g/mol. The molecule has 1 heterocycles. The lowest BCUT2D eigenvalue weighted by molar-refractivity contribution is -0.123. The number of benzene rings is 1. The molecule has 2 rings (SSSR count). The van der Waals surface area contributed by atoms with Gasteiger partial charge in [0.25, 0.3) is 0 Å². The number of rotatable bonds is 4. The second-order valence-electron chi connectivity index (χ2n) is 5.34. The van der Waals surface area contributed by atoms with Gasteiger partial charge in [-0.2, -0.15) is 0 Å². The summed E-state index contributed by atoms with van der Waals surface area (Å²) < 4.78 is 0. The lowest BCUT2D eigenvalue weighted by Gasteiger charge is -2.29. The van der Waals surface area contributed by atoms with Crippen LogP contribution in [0.15, 0.2) is 24.3 Å².